The van der Waals surface area contributed by atoms with Gasteiger partial charge in [0.2, 0.25) is 0 Å². The molecule has 1 atom stereocenters. The van der Waals surface area contributed by atoms with Gasteiger partial charge in [-0.3, -0.25) is 0 Å². The number of hydrogen-bond donors (Lipinski definition) is 0. The monoisotopic (exact) mass is 422 g/mol. The Morgan fingerprint density at radius 2 is 1.84 bits per heavy atom. The van der Waals surface area contributed by atoms with E-state index in [0.717, 1.165) is 25.8 Å². The molecule has 0 amide bonds. The lowest BCUT2D eigenvalue weighted by atomic mass is 10.0. The lowest BCUT2D eigenvalue weighted by molar-refractivity contribution is 0.412. The summed E-state index contributed by atoms with van der Waals surface area (Å²) in [5.74, 6) is 0.773. The summed E-state index contributed by atoms with van der Waals surface area (Å²) in [7, 11) is 1.63. The minimum Gasteiger partial charge on any atom is -0.496 e. The molecule has 2 rings (SSSR count). The van der Waals surface area contributed by atoms with Gasteiger partial charge >= 0.3 is 0 Å². The largest absolute Gasteiger partial charge is 0.496 e. The van der Waals surface area contributed by atoms with Crippen LogP contribution in [-0.4, -0.2) is 7.11 Å². The second-order valence-corrected chi connectivity index (χ2v) is 6.54. The molecular formula is C14H10Br2Cl2O. The number of rotatable bonds is 3. The third kappa shape index (κ3) is 3.46. The zero-order valence-electron chi connectivity index (χ0n) is 9.96. The van der Waals surface area contributed by atoms with Crippen molar-refractivity contribution in [1.29, 1.82) is 0 Å². The third-order valence-corrected chi connectivity index (χ3v) is 4.63. The van der Waals surface area contributed by atoms with E-state index in [1.807, 2.05) is 36.4 Å². The molecule has 0 saturated carbocycles. The van der Waals surface area contributed by atoms with Crippen LogP contribution in [0.5, 0.6) is 5.75 Å². The van der Waals surface area contributed by atoms with Crippen LogP contribution in [0.15, 0.2) is 45.3 Å². The number of ether oxygens (including phenoxy) is 1. The quantitative estimate of drug-likeness (QED) is 0.533. The van der Waals surface area contributed by atoms with Crippen LogP contribution in [-0.2, 0) is 0 Å². The molecule has 0 radical (unpaired) electrons. The Kier molecular flexibility index (Phi) is 5.18. The van der Waals surface area contributed by atoms with Gasteiger partial charge in [-0.1, -0.05) is 39.7 Å². The fourth-order valence-corrected chi connectivity index (χ4v) is 3.45. The minimum atomic E-state index is -0.303. The maximum atomic E-state index is 6.50. The summed E-state index contributed by atoms with van der Waals surface area (Å²) in [6, 6.07) is 11.4. The maximum absolute atomic E-state index is 6.50. The Balaban J connectivity index is 2.38. The fourth-order valence-electron chi connectivity index (χ4n) is 1.73. The summed E-state index contributed by atoms with van der Waals surface area (Å²) < 4.78 is 7.00. The van der Waals surface area contributed by atoms with Crippen molar-refractivity contribution in [1.82, 2.24) is 0 Å². The molecule has 0 aromatic heterocycles. The summed E-state index contributed by atoms with van der Waals surface area (Å²) in [5, 5.41) is 0.337. The molecule has 0 bridgehead atoms. The van der Waals surface area contributed by atoms with Crippen molar-refractivity contribution in [3.05, 3.63) is 61.5 Å². The van der Waals surface area contributed by atoms with Crippen LogP contribution in [0.2, 0.25) is 5.02 Å². The van der Waals surface area contributed by atoms with Gasteiger partial charge in [-0.25, -0.2) is 0 Å². The van der Waals surface area contributed by atoms with Gasteiger partial charge in [-0.15, -0.1) is 11.6 Å². The van der Waals surface area contributed by atoms with Gasteiger partial charge < -0.3 is 4.74 Å². The predicted octanol–water partition coefficient (Wildman–Crippen LogP) is 6.20. The fraction of sp³-hybridized carbons (Fsp3) is 0.143. The number of halogens is 4. The first-order chi connectivity index (χ1) is 9.02. The van der Waals surface area contributed by atoms with Crippen LogP contribution >= 0.6 is 55.1 Å². The molecule has 2 aromatic carbocycles. The zero-order chi connectivity index (χ0) is 14.0. The van der Waals surface area contributed by atoms with Crippen LogP contribution in [0.25, 0.3) is 0 Å². The Morgan fingerprint density at radius 1 is 1.11 bits per heavy atom. The molecule has 0 aliphatic heterocycles. The van der Waals surface area contributed by atoms with E-state index < -0.39 is 0 Å². The van der Waals surface area contributed by atoms with E-state index in [4.69, 9.17) is 27.9 Å². The Labute approximate surface area is 139 Å². The van der Waals surface area contributed by atoms with Crippen molar-refractivity contribution in [2.45, 2.75) is 5.38 Å². The third-order valence-electron chi connectivity index (χ3n) is 2.70. The van der Waals surface area contributed by atoms with E-state index in [9.17, 15) is 0 Å². The van der Waals surface area contributed by atoms with Gasteiger partial charge in [-0.05, 0) is 51.3 Å². The lowest BCUT2D eigenvalue weighted by Crippen LogP contribution is -1.95. The highest BCUT2D eigenvalue weighted by Gasteiger charge is 2.15. The zero-order valence-corrected chi connectivity index (χ0v) is 14.6. The SMILES string of the molecule is COc1ccc(C(Cl)c2ccc(Br)cc2Cl)cc1Br. The van der Waals surface area contributed by atoms with Crippen LogP contribution < -0.4 is 4.74 Å². The van der Waals surface area contributed by atoms with E-state index in [1.165, 1.54) is 0 Å². The number of alkyl halides is 1. The molecule has 0 heterocycles. The first kappa shape index (κ1) is 15.2. The standard InChI is InChI=1S/C14H10Br2Cl2O/c1-19-13-5-2-8(6-11(13)16)14(18)10-4-3-9(15)7-12(10)17/h2-7,14H,1H3. The first-order valence-corrected chi connectivity index (χ1v) is 7.85. The smallest absolute Gasteiger partial charge is 0.133 e. The molecule has 1 nitrogen and oxygen atoms in total. The maximum Gasteiger partial charge on any atom is 0.133 e. The van der Waals surface area contributed by atoms with Crippen LogP contribution in [0.3, 0.4) is 0 Å². The molecule has 0 N–H and O–H groups in total. The molecular weight excluding hydrogens is 415 g/mol. The van der Waals surface area contributed by atoms with Crippen molar-refractivity contribution in [3.8, 4) is 5.75 Å². The van der Waals surface area contributed by atoms with Gasteiger partial charge in [0, 0.05) is 9.50 Å². The van der Waals surface area contributed by atoms with Crippen LogP contribution in [0.1, 0.15) is 16.5 Å². The van der Waals surface area contributed by atoms with E-state index >= 15 is 0 Å². The second kappa shape index (κ2) is 6.49. The highest BCUT2D eigenvalue weighted by Crippen LogP contribution is 2.37. The van der Waals surface area contributed by atoms with E-state index in [-0.39, 0.29) is 5.38 Å². The Morgan fingerprint density at radius 3 is 2.42 bits per heavy atom. The number of hydrogen-bond acceptors (Lipinski definition) is 1. The minimum absolute atomic E-state index is 0.303. The molecule has 0 aliphatic carbocycles. The first-order valence-electron chi connectivity index (χ1n) is 5.45. The lowest BCUT2D eigenvalue weighted by Gasteiger charge is -2.14. The van der Waals surface area contributed by atoms with Gasteiger partial charge in [0.1, 0.15) is 5.75 Å². The molecule has 1 unspecified atom stereocenters. The molecule has 0 spiro atoms. The van der Waals surface area contributed by atoms with Crippen molar-refractivity contribution in [2.24, 2.45) is 0 Å². The molecule has 2 aromatic rings. The molecule has 0 saturated heterocycles. The average Bonchev–Trinajstić information content (AvgIpc) is 2.38. The Bertz CT molecular complexity index is 602. The summed E-state index contributed by atoms with van der Waals surface area (Å²) in [4.78, 5) is 0. The normalized spacial score (nSPS) is 12.3. The predicted molar refractivity (Wildman–Crippen MR) is 87.5 cm³/mol. The van der Waals surface area contributed by atoms with Gasteiger partial charge in [0.25, 0.3) is 0 Å². The molecule has 0 fully saturated rings. The highest BCUT2D eigenvalue weighted by molar-refractivity contribution is 9.10. The number of benzene rings is 2. The topological polar surface area (TPSA) is 9.23 Å². The summed E-state index contributed by atoms with van der Waals surface area (Å²) in [6.07, 6.45) is 0. The van der Waals surface area contributed by atoms with Crippen molar-refractivity contribution < 1.29 is 4.74 Å². The average molecular weight is 425 g/mol. The van der Waals surface area contributed by atoms with Crippen molar-refractivity contribution >= 4 is 55.1 Å². The van der Waals surface area contributed by atoms with Gasteiger partial charge in [0.15, 0.2) is 0 Å². The van der Waals surface area contributed by atoms with Gasteiger partial charge in [-0.2, -0.15) is 0 Å². The van der Waals surface area contributed by atoms with Crippen LogP contribution in [0.4, 0.5) is 0 Å². The van der Waals surface area contributed by atoms with Crippen molar-refractivity contribution in [3.63, 3.8) is 0 Å². The molecule has 0 aliphatic rings. The summed E-state index contributed by atoms with van der Waals surface area (Å²) in [6.45, 7) is 0. The summed E-state index contributed by atoms with van der Waals surface area (Å²) >= 11 is 19.6. The van der Waals surface area contributed by atoms with Gasteiger partial charge in [0.05, 0.1) is 17.0 Å². The summed E-state index contributed by atoms with van der Waals surface area (Å²) in [5.41, 5.74) is 1.84. The van der Waals surface area contributed by atoms with E-state index in [1.54, 1.807) is 7.11 Å². The van der Waals surface area contributed by atoms with Crippen molar-refractivity contribution in [2.75, 3.05) is 7.11 Å². The number of methoxy groups -OCH3 is 1. The molecule has 19 heavy (non-hydrogen) atoms. The molecule has 100 valence electrons. The van der Waals surface area contributed by atoms with Crippen LogP contribution in [0, 0.1) is 0 Å². The second-order valence-electron chi connectivity index (χ2n) is 3.92. The molecule has 5 heteroatoms. The Hall–Kier alpha value is -0.220. The highest BCUT2D eigenvalue weighted by atomic mass is 79.9. The van der Waals surface area contributed by atoms with E-state index in [2.05, 4.69) is 31.9 Å². The van der Waals surface area contributed by atoms with E-state index in [0.29, 0.717) is 5.02 Å².